The average molecular weight is 186 g/mol. The van der Waals surface area contributed by atoms with Gasteiger partial charge in [0.05, 0.1) is 11.7 Å². The van der Waals surface area contributed by atoms with Crippen molar-refractivity contribution in [3.63, 3.8) is 0 Å². The van der Waals surface area contributed by atoms with Gasteiger partial charge in [0.25, 0.3) is 0 Å². The van der Waals surface area contributed by atoms with E-state index in [4.69, 9.17) is 4.42 Å². The first-order valence-corrected chi connectivity index (χ1v) is 4.15. The molecule has 3 rings (SSSR count). The Morgan fingerprint density at radius 3 is 3.00 bits per heavy atom. The summed E-state index contributed by atoms with van der Waals surface area (Å²) in [6.45, 7) is 0. The molecule has 5 nitrogen and oxygen atoms in total. The van der Waals surface area contributed by atoms with E-state index in [1.165, 1.54) is 6.26 Å². The molecule has 0 bridgehead atoms. The largest absolute Gasteiger partial charge is 0.431 e. The second-order valence-corrected chi connectivity index (χ2v) is 2.80. The van der Waals surface area contributed by atoms with Crippen LogP contribution in [-0.4, -0.2) is 20.0 Å². The standard InChI is InChI=1S/C9H6N4O/c1-2-4-8-7(3-1)11-12-13(8)9-10-5-6-14-9/h1-6H. The third kappa shape index (κ3) is 0.922. The summed E-state index contributed by atoms with van der Waals surface area (Å²) in [6.07, 6.45) is 3.08. The van der Waals surface area contributed by atoms with Crippen LogP contribution in [0.2, 0.25) is 0 Å². The number of oxazole rings is 1. The maximum atomic E-state index is 5.14. The van der Waals surface area contributed by atoms with Crippen molar-refractivity contribution >= 4 is 11.0 Å². The van der Waals surface area contributed by atoms with E-state index >= 15 is 0 Å². The van der Waals surface area contributed by atoms with Crippen LogP contribution in [-0.2, 0) is 0 Å². The zero-order chi connectivity index (χ0) is 9.38. The monoisotopic (exact) mass is 186 g/mol. The van der Waals surface area contributed by atoms with Crippen molar-refractivity contribution in [3.05, 3.63) is 36.7 Å². The van der Waals surface area contributed by atoms with E-state index < -0.39 is 0 Å². The van der Waals surface area contributed by atoms with E-state index in [0.29, 0.717) is 6.01 Å². The highest BCUT2D eigenvalue weighted by molar-refractivity contribution is 5.75. The van der Waals surface area contributed by atoms with Crippen LogP contribution in [0.15, 0.2) is 41.1 Å². The van der Waals surface area contributed by atoms with Gasteiger partial charge in [-0.05, 0) is 12.1 Å². The molecule has 0 aliphatic rings. The van der Waals surface area contributed by atoms with Crippen molar-refractivity contribution in [1.82, 2.24) is 20.0 Å². The van der Waals surface area contributed by atoms with Gasteiger partial charge in [-0.2, -0.15) is 4.68 Å². The lowest BCUT2D eigenvalue weighted by Crippen LogP contribution is -1.95. The Labute approximate surface area is 79.0 Å². The predicted molar refractivity (Wildman–Crippen MR) is 48.9 cm³/mol. The molecule has 0 N–H and O–H groups in total. The van der Waals surface area contributed by atoms with E-state index in [2.05, 4.69) is 15.3 Å². The van der Waals surface area contributed by atoms with Gasteiger partial charge in [0.1, 0.15) is 11.8 Å². The van der Waals surface area contributed by atoms with Gasteiger partial charge in [-0.3, -0.25) is 0 Å². The summed E-state index contributed by atoms with van der Waals surface area (Å²) in [5.41, 5.74) is 1.71. The number of nitrogens with zero attached hydrogens (tertiary/aromatic N) is 4. The number of benzene rings is 1. The third-order valence-corrected chi connectivity index (χ3v) is 1.95. The van der Waals surface area contributed by atoms with Crippen molar-refractivity contribution < 1.29 is 4.42 Å². The van der Waals surface area contributed by atoms with E-state index in [1.54, 1.807) is 10.9 Å². The molecule has 0 saturated carbocycles. The van der Waals surface area contributed by atoms with Gasteiger partial charge in [0.2, 0.25) is 0 Å². The molecule has 2 aromatic heterocycles. The summed E-state index contributed by atoms with van der Waals surface area (Å²) in [7, 11) is 0. The minimum absolute atomic E-state index is 0.429. The molecule has 68 valence electrons. The van der Waals surface area contributed by atoms with Gasteiger partial charge in [-0.25, -0.2) is 4.98 Å². The van der Waals surface area contributed by atoms with E-state index in [1.807, 2.05) is 24.3 Å². The Morgan fingerprint density at radius 2 is 2.14 bits per heavy atom. The summed E-state index contributed by atoms with van der Waals surface area (Å²) in [4.78, 5) is 4.00. The van der Waals surface area contributed by atoms with Crippen molar-refractivity contribution in [1.29, 1.82) is 0 Å². The van der Waals surface area contributed by atoms with Gasteiger partial charge in [-0.1, -0.05) is 17.3 Å². The molecule has 0 unspecified atom stereocenters. The van der Waals surface area contributed by atoms with Gasteiger partial charge in [-0.15, -0.1) is 5.10 Å². The van der Waals surface area contributed by atoms with Crippen molar-refractivity contribution in [3.8, 4) is 6.01 Å². The second-order valence-electron chi connectivity index (χ2n) is 2.80. The molecule has 14 heavy (non-hydrogen) atoms. The van der Waals surface area contributed by atoms with Crippen LogP contribution >= 0.6 is 0 Å². The molecule has 0 radical (unpaired) electrons. The molecule has 3 aromatic rings. The molecular weight excluding hydrogens is 180 g/mol. The number of rotatable bonds is 1. The molecule has 0 atom stereocenters. The van der Waals surface area contributed by atoms with Crippen molar-refractivity contribution in [2.24, 2.45) is 0 Å². The molecule has 0 aliphatic heterocycles. The Morgan fingerprint density at radius 1 is 1.21 bits per heavy atom. The highest BCUT2D eigenvalue weighted by Crippen LogP contribution is 2.13. The van der Waals surface area contributed by atoms with Crippen molar-refractivity contribution in [2.45, 2.75) is 0 Å². The van der Waals surface area contributed by atoms with Crippen LogP contribution in [0.1, 0.15) is 0 Å². The van der Waals surface area contributed by atoms with Gasteiger partial charge < -0.3 is 4.42 Å². The molecule has 0 amide bonds. The van der Waals surface area contributed by atoms with Crippen LogP contribution in [0.25, 0.3) is 17.0 Å². The van der Waals surface area contributed by atoms with E-state index in [0.717, 1.165) is 11.0 Å². The van der Waals surface area contributed by atoms with E-state index in [-0.39, 0.29) is 0 Å². The fraction of sp³-hybridized carbons (Fsp3) is 0. The zero-order valence-corrected chi connectivity index (χ0v) is 7.16. The number of fused-ring (bicyclic) bond motifs is 1. The van der Waals surface area contributed by atoms with Gasteiger partial charge >= 0.3 is 6.01 Å². The minimum Gasteiger partial charge on any atom is -0.431 e. The maximum Gasteiger partial charge on any atom is 0.324 e. The summed E-state index contributed by atoms with van der Waals surface area (Å²) in [5.74, 6) is 0. The molecule has 0 fully saturated rings. The van der Waals surface area contributed by atoms with Crippen LogP contribution in [0.3, 0.4) is 0 Å². The smallest absolute Gasteiger partial charge is 0.324 e. The number of aromatic nitrogens is 4. The summed E-state index contributed by atoms with van der Waals surface area (Å²) in [6, 6.07) is 8.07. The second kappa shape index (κ2) is 2.66. The highest BCUT2D eigenvalue weighted by atomic mass is 16.4. The Bertz CT molecular complexity index is 555. The van der Waals surface area contributed by atoms with Crippen LogP contribution in [0, 0.1) is 0 Å². The lowest BCUT2D eigenvalue weighted by atomic mass is 10.3. The first-order chi connectivity index (χ1) is 6.95. The fourth-order valence-corrected chi connectivity index (χ4v) is 1.33. The molecule has 2 heterocycles. The first-order valence-electron chi connectivity index (χ1n) is 4.15. The molecule has 0 spiro atoms. The minimum atomic E-state index is 0.429. The predicted octanol–water partition coefficient (Wildman–Crippen LogP) is 1.41. The number of para-hydroxylation sites is 1. The molecule has 1 aromatic carbocycles. The number of hydrogen-bond donors (Lipinski definition) is 0. The van der Waals surface area contributed by atoms with Crippen LogP contribution in [0.5, 0.6) is 0 Å². The molecule has 0 aliphatic carbocycles. The maximum absolute atomic E-state index is 5.14. The Kier molecular flexibility index (Phi) is 1.38. The highest BCUT2D eigenvalue weighted by Gasteiger charge is 2.07. The normalized spacial score (nSPS) is 10.9. The van der Waals surface area contributed by atoms with Gasteiger partial charge in [0, 0.05) is 0 Å². The van der Waals surface area contributed by atoms with Crippen molar-refractivity contribution in [2.75, 3.05) is 0 Å². The Balaban J connectivity index is 2.33. The Hall–Kier alpha value is -2.17. The van der Waals surface area contributed by atoms with Gasteiger partial charge in [0.15, 0.2) is 0 Å². The quantitative estimate of drug-likeness (QED) is 0.576. The van der Waals surface area contributed by atoms with Crippen LogP contribution < -0.4 is 0 Å². The van der Waals surface area contributed by atoms with Crippen LogP contribution in [0.4, 0.5) is 0 Å². The summed E-state index contributed by atoms with van der Waals surface area (Å²) < 4.78 is 6.70. The third-order valence-electron chi connectivity index (χ3n) is 1.95. The molecule has 5 heteroatoms. The topological polar surface area (TPSA) is 56.7 Å². The SMILES string of the molecule is c1ccc2c(c1)nnn2-c1ncco1. The lowest BCUT2D eigenvalue weighted by molar-refractivity contribution is 0.509. The average Bonchev–Trinajstić information content (AvgIpc) is 2.85. The van der Waals surface area contributed by atoms with E-state index in [9.17, 15) is 0 Å². The zero-order valence-electron chi connectivity index (χ0n) is 7.16. The number of hydrogen-bond acceptors (Lipinski definition) is 4. The molecule has 0 saturated heterocycles. The summed E-state index contributed by atoms with van der Waals surface area (Å²) in [5, 5.41) is 7.94. The fourth-order valence-electron chi connectivity index (χ4n) is 1.33. The lowest BCUT2D eigenvalue weighted by Gasteiger charge is -1.93. The first kappa shape index (κ1) is 7.25. The summed E-state index contributed by atoms with van der Waals surface area (Å²) >= 11 is 0. The molecular formula is C9H6N4O.